The van der Waals surface area contributed by atoms with Crippen LogP contribution in [0, 0.1) is 0 Å². The molecule has 0 N–H and O–H groups in total. The highest BCUT2D eigenvalue weighted by molar-refractivity contribution is 6.00. The van der Waals surface area contributed by atoms with Crippen LogP contribution in [-0.2, 0) is 5.41 Å². The van der Waals surface area contributed by atoms with Crippen molar-refractivity contribution in [3.8, 4) is 33.4 Å². The van der Waals surface area contributed by atoms with Gasteiger partial charge in [0.1, 0.15) is 0 Å². The third-order valence-electron chi connectivity index (χ3n) is 11.6. The summed E-state index contributed by atoms with van der Waals surface area (Å²) in [7, 11) is 0. The van der Waals surface area contributed by atoms with Gasteiger partial charge in [0.25, 0.3) is 0 Å². The molecular formula is C49H33N. The smallest absolute Gasteiger partial charge is 0.0760 e. The molecule has 0 radical (unpaired) electrons. The van der Waals surface area contributed by atoms with Crippen LogP contribution in [0.4, 0.5) is 17.1 Å². The zero-order valence-corrected chi connectivity index (χ0v) is 27.6. The van der Waals surface area contributed by atoms with Gasteiger partial charge in [-0.2, -0.15) is 0 Å². The number of benzene rings is 7. The summed E-state index contributed by atoms with van der Waals surface area (Å²) in [5, 5.41) is 0. The van der Waals surface area contributed by atoms with E-state index in [0.29, 0.717) is 5.92 Å². The van der Waals surface area contributed by atoms with E-state index in [-0.39, 0.29) is 0 Å². The lowest BCUT2D eigenvalue weighted by atomic mass is 9.63. The summed E-state index contributed by atoms with van der Waals surface area (Å²) in [5.74, 6) is 0.386. The van der Waals surface area contributed by atoms with E-state index >= 15 is 0 Å². The molecule has 7 aromatic carbocycles. The average Bonchev–Trinajstić information content (AvgIpc) is 3.49. The second-order valence-electron chi connectivity index (χ2n) is 13.9. The minimum atomic E-state index is -0.501. The predicted octanol–water partition coefficient (Wildman–Crippen LogP) is 12.6. The maximum Gasteiger partial charge on any atom is 0.0760 e. The number of hydrogen-bond acceptors (Lipinski definition) is 1. The van der Waals surface area contributed by atoms with Crippen molar-refractivity contribution in [3.05, 3.63) is 215 Å². The number of allylic oxidation sites excluding steroid dienone is 4. The Morgan fingerprint density at radius 2 is 1.12 bits per heavy atom. The Morgan fingerprint density at radius 3 is 1.92 bits per heavy atom. The summed E-state index contributed by atoms with van der Waals surface area (Å²) >= 11 is 0. The van der Waals surface area contributed by atoms with Gasteiger partial charge in [-0.05, 0) is 109 Å². The Bertz CT molecular complexity index is 2540. The van der Waals surface area contributed by atoms with Crippen LogP contribution in [0.5, 0.6) is 0 Å². The van der Waals surface area contributed by atoms with Gasteiger partial charge < -0.3 is 4.90 Å². The van der Waals surface area contributed by atoms with Gasteiger partial charge in [0.05, 0.1) is 16.8 Å². The number of anilines is 3. The highest BCUT2D eigenvalue weighted by Gasteiger charge is 2.52. The normalized spacial score (nSPS) is 16.7. The van der Waals surface area contributed by atoms with Gasteiger partial charge in [0, 0.05) is 11.6 Å². The Kier molecular flexibility index (Phi) is 5.77. The summed E-state index contributed by atoms with van der Waals surface area (Å²) in [6.07, 6.45) is 7.96. The standard InChI is InChI=1S/C49H33N/c1-2-15-33(16-3-1)50-46-27-12-10-25-44(46)49(45-26-11-13-28-47(45)50)43-24-9-8-21-40(43)41-23-14-22-34(48(41)49)32-29-30-39-37-19-5-4-17-35(37)36-18-6-7-20-38(36)42(39)31-32/h1-17,19-31,36H,18H2. The Labute approximate surface area is 293 Å². The van der Waals surface area contributed by atoms with Crippen molar-refractivity contribution in [1.29, 1.82) is 0 Å². The number of nitrogens with zero attached hydrogens (tertiary/aromatic N) is 1. The van der Waals surface area contributed by atoms with Crippen LogP contribution in [0.25, 0.3) is 39.0 Å². The number of fused-ring (bicyclic) bond motifs is 15. The van der Waals surface area contributed by atoms with Crippen LogP contribution < -0.4 is 4.90 Å². The highest BCUT2D eigenvalue weighted by atomic mass is 15.2. The number of rotatable bonds is 2. The van der Waals surface area contributed by atoms with Crippen LogP contribution in [0.1, 0.15) is 45.7 Å². The van der Waals surface area contributed by atoms with Crippen LogP contribution in [0.2, 0.25) is 0 Å². The lowest BCUT2D eigenvalue weighted by Gasteiger charge is -2.45. The summed E-state index contributed by atoms with van der Waals surface area (Å²) in [6, 6.07) is 61.4. The van der Waals surface area contributed by atoms with Crippen molar-refractivity contribution >= 4 is 22.6 Å². The van der Waals surface area contributed by atoms with Gasteiger partial charge >= 0.3 is 0 Å². The molecule has 0 aromatic heterocycles. The minimum absolute atomic E-state index is 0.386. The first kappa shape index (κ1) is 27.7. The number of para-hydroxylation sites is 3. The maximum absolute atomic E-state index is 2.49. The molecule has 1 atom stereocenters. The average molecular weight is 636 g/mol. The van der Waals surface area contributed by atoms with Crippen molar-refractivity contribution in [2.75, 3.05) is 4.90 Å². The fraction of sp³-hybridized carbons (Fsp3) is 0.0612. The molecule has 4 aliphatic rings. The van der Waals surface area contributed by atoms with E-state index in [1.807, 2.05) is 0 Å². The van der Waals surface area contributed by atoms with E-state index in [4.69, 9.17) is 0 Å². The topological polar surface area (TPSA) is 3.24 Å². The first-order chi connectivity index (χ1) is 24.8. The molecule has 0 saturated heterocycles. The molecule has 234 valence electrons. The minimum Gasteiger partial charge on any atom is -0.310 e. The highest BCUT2D eigenvalue weighted by Crippen LogP contribution is 2.65. The molecule has 0 fully saturated rings. The van der Waals surface area contributed by atoms with Crippen molar-refractivity contribution in [1.82, 2.24) is 0 Å². The summed E-state index contributed by atoms with van der Waals surface area (Å²) in [5.41, 5.74) is 20.6. The molecule has 1 aliphatic heterocycles. The van der Waals surface area contributed by atoms with E-state index in [2.05, 4.69) is 187 Å². The molecule has 7 aromatic rings. The van der Waals surface area contributed by atoms with E-state index in [1.165, 1.54) is 89.4 Å². The fourth-order valence-electron chi connectivity index (χ4n) is 9.70. The van der Waals surface area contributed by atoms with E-state index in [1.54, 1.807) is 0 Å². The molecule has 1 spiro atoms. The molecule has 1 unspecified atom stereocenters. The van der Waals surface area contributed by atoms with Gasteiger partial charge in [0.15, 0.2) is 0 Å². The molecule has 0 amide bonds. The van der Waals surface area contributed by atoms with Gasteiger partial charge in [-0.15, -0.1) is 0 Å². The molecule has 3 aliphatic carbocycles. The third-order valence-corrected chi connectivity index (χ3v) is 11.6. The van der Waals surface area contributed by atoms with Crippen molar-refractivity contribution < 1.29 is 0 Å². The Balaban J connectivity index is 1.23. The SMILES string of the molecule is C1=CCC2C(=C1)c1cc(-c3cccc4c3C3(c5ccccc5-4)c4ccccc4N(c4ccccc4)c4ccccc43)ccc1-c1ccccc12. The van der Waals surface area contributed by atoms with Crippen molar-refractivity contribution in [3.63, 3.8) is 0 Å². The van der Waals surface area contributed by atoms with Gasteiger partial charge in [-0.3, -0.25) is 0 Å². The summed E-state index contributed by atoms with van der Waals surface area (Å²) in [4.78, 5) is 2.46. The molecule has 11 rings (SSSR count). The number of hydrogen-bond donors (Lipinski definition) is 0. The maximum atomic E-state index is 2.49. The second-order valence-corrected chi connectivity index (χ2v) is 13.9. The van der Waals surface area contributed by atoms with Gasteiger partial charge in [-0.25, -0.2) is 0 Å². The van der Waals surface area contributed by atoms with Gasteiger partial charge in [0.2, 0.25) is 0 Å². The van der Waals surface area contributed by atoms with Crippen LogP contribution in [0.3, 0.4) is 0 Å². The quantitative estimate of drug-likeness (QED) is 0.183. The summed E-state index contributed by atoms with van der Waals surface area (Å²) in [6.45, 7) is 0. The van der Waals surface area contributed by atoms with Crippen LogP contribution in [0.15, 0.2) is 182 Å². The molecule has 1 nitrogen and oxygen atoms in total. The monoisotopic (exact) mass is 635 g/mol. The van der Waals surface area contributed by atoms with Crippen molar-refractivity contribution in [2.45, 2.75) is 17.8 Å². The lowest BCUT2D eigenvalue weighted by Crippen LogP contribution is -2.36. The van der Waals surface area contributed by atoms with Crippen LogP contribution in [-0.4, -0.2) is 0 Å². The predicted molar refractivity (Wildman–Crippen MR) is 207 cm³/mol. The van der Waals surface area contributed by atoms with Crippen molar-refractivity contribution in [2.24, 2.45) is 0 Å². The Morgan fingerprint density at radius 1 is 0.480 bits per heavy atom. The first-order valence-electron chi connectivity index (χ1n) is 17.7. The van der Waals surface area contributed by atoms with Crippen LogP contribution >= 0.6 is 0 Å². The molecule has 1 heterocycles. The molecule has 1 heteroatoms. The molecule has 50 heavy (non-hydrogen) atoms. The Hall–Kier alpha value is -6.18. The molecular weight excluding hydrogens is 603 g/mol. The molecule has 0 saturated carbocycles. The first-order valence-corrected chi connectivity index (χ1v) is 17.7. The van der Waals surface area contributed by atoms with Gasteiger partial charge in [-0.1, -0.05) is 152 Å². The third kappa shape index (κ3) is 3.56. The lowest BCUT2D eigenvalue weighted by molar-refractivity contribution is 0.754. The van der Waals surface area contributed by atoms with E-state index in [9.17, 15) is 0 Å². The molecule has 0 bridgehead atoms. The second kappa shape index (κ2) is 10.4. The summed E-state index contributed by atoms with van der Waals surface area (Å²) < 4.78 is 0. The zero-order valence-electron chi connectivity index (χ0n) is 27.6. The fourth-order valence-corrected chi connectivity index (χ4v) is 9.70. The zero-order chi connectivity index (χ0) is 32.8. The largest absolute Gasteiger partial charge is 0.310 e. The van der Waals surface area contributed by atoms with E-state index in [0.717, 1.165) is 6.42 Å². The van der Waals surface area contributed by atoms with E-state index < -0.39 is 5.41 Å².